The fourth-order valence-electron chi connectivity index (χ4n) is 3.85. The van der Waals surface area contributed by atoms with E-state index in [9.17, 15) is 0 Å². The normalized spacial score (nSPS) is 16.2. The molecule has 26 heavy (non-hydrogen) atoms. The van der Waals surface area contributed by atoms with Gasteiger partial charge in [-0.25, -0.2) is 0 Å². The van der Waals surface area contributed by atoms with E-state index in [-0.39, 0.29) is 5.54 Å². The van der Waals surface area contributed by atoms with Crippen LogP contribution in [-0.4, -0.2) is 18.2 Å². The van der Waals surface area contributed by atoms with Gasteiger partial charge < -0.3 is 14.8 Å². The number of rotatable bonds is 8. The largest absolute Gasteiger partial charge is 0.490 e. The van der Waals surface area contributed by atoms with Crippen molar-refractivity contribution in [2.24, 2.45) is 0 Å². The highest BCUT2D eigenvalue weighted by Crippen LogP contribution is 2.42. The van der Waals surface area contributed by atoms with Gasteiger partial charge in [0, 0.05) is 12.8 Å². The summed E-state index contributed by atoms with van der Waals surface area (Å²) in [7, 11) is 0. The molecule has 0 aliphatic heterocycles. The van der Waals surface area contributed by atoms with E-state index in [0.717, 1.165) is 30.0 Å². The van der Waals surface area contributed by atoms with Crippen molar-refractivity contribution < 1.29 is 9.47 Å². The molecule has 0 spiro atoms. The van der Waals surface area contributed by atoms with Crippen molar-refractivity contribution in [1.82, 2.24) is 4.98 Å². The Morgan fingerprint density at radius 1 is 1.00 bits per heavy atom. The molecule has 0 amide bonds. The second-order valence-corrected chi connectivity index (χ2v) is 6.84. The number of hydrogen-bond donors (Lipinski definition) is 1. The lowest BCUT2D eigenvalue weighted by molar-refractivity contribution is 0.128. The number of aromatic nitrogens is 1. The monoisotopic (exact) mass is 354 g/mol. The van der Waals surface area contributed by atoms with Gasteiger partial charge in [-0.1, -0.05) is 49.6 Å². The first-order valence-electron chi connectivity index (χ1n) is 9.81. The molecule has 0 bridgehead atoms. The van der Waals surface area contributed by atoms with E-state index in [2.05, 4.69) is 40.6 Å². The fourth-order valence-corrected chi connectivity index (χ4v) is 3.85. The van der Waals surface area contributed by atoms with Gasteiger partial charge in [-0.2, -0.15) is 0 Å². The van der Waals surface area contributed by atoms with Crippen molar-refractivity contribution in [3.8, 4) is 5.75 Å². The Morgan fingerprint density at radius 3 is 2.46 bits per heavy atom. The van der Waals surface area contributed by atoms with Crippen LogP contribution in [0.3, 0.4) is 0 Å². The molecule has 0 atom stereocenters. The summed E-state index contributed by atoms with van der Waals surface area (Å²) in [6.45, 7) is 5.75. The molecule has 1 saturated carbocycles. The molecule has 0 unspecified atom stereocenters. The summed E-state index contributed by atoms with van der Waals surface area (Å²) < 4.78 is 11.6. The predicted molar refractivity (Wildman–Crippen MR) is 106 cm³/mol. The molecule has 140 valence electrons. The van der Waals surface area contributed by atoms with Gasteiger partial charge in [0.1, 0.15) is 5.69 Å². The molecule has 1 aliphatic carbocycles. The number of benzene rings is 1. The second kappa shape index (κ2) is 9.04. The molecule has 2 aromatic rings. The molecule has 1 aromatic carbocycles. The maximum Gasteiger partial charge on any atom is 0.166 e. The van der Waals surface area contributed by atoms with Crippen molar-refractivity contribution in [3.05, 3.63) is 53.9 Å². The van der Waals surface area contributed by atoms with E-state index in [1.54, 1.807) is 0 Å². The van der Waals surface area contributed by atoms with Crippen LogP contribution in [0, 0.1) is 0 Å². The Labute approximate surface area is 156 Å². The van der Waals surface area contributed by atoms with Crippen molar-refractivity contribution in [2.45, 2.75) is 58.1 Å². The molecule has 1 N–H and O–H groups in total. The van der Waals surface area contributed by atoms with Crippen molar-refractivity contribution in [3.63, 3.8) is 0 Å². The van der Waals surface area contributed by atoms with E-state index < -0.39 is 0 Å². The molecule has 4 heteroatoms. The van der Waals surface area contributed by atoms with Crippen LogP contribution < -0.4 is 10.1 Å². The Bertz CT molecular complexity index is 682. The summed E-state index contributed by atoms with van der Waals surface area (Å²) in [6.07, 6.45) is 7.89. The van der Waals surface area contributed by atoms with Crippen LogP contribution in [0.2, 0.25) is 0 Å². The highest BCUT2D eigenvalue weighted by molar-refractivity contribution is 5.60. The third-order valence-electron chi connectivity index (χ3n) is 5.12. The molecule has 3 rings (SSSR count). The molecular formula is C22H30N2O2. The van der Waals surface area contributed by atoms with Crippen LogP contribution in [0.15, 0.2) is 42.6 Å². The summed E-state index contributed by atoms with van der Waals surface area (Å²) >= 11 is 0. The molecule has 0 radical (unpaired) electrons. The predicted octanol–water partition coefficient (Wildman–Crippen LogP) is 5.29. The molecule has 1 heterocycles. The number of ether oxygens (including phenoxy) is 2. The van der Waals surface area contributed by atoms with E-state index in [4.69, 9.17) is 9.47 Å². The summed E-state index contributed by atoms with van der Waals surface area (Å²) in [4.78, 5) is 4.49. The number of anilines is 1. The minimum absolute atomic E-state index is 0.0460. The fraction of sp³-hybridized carbons (Fsp3) is 0.500. The summed E-state index contributed by atoms with van der Waals surface area (Å²) in [6, 6.07) is 12.8. The lowest BCUT2D eigenvalue weighted by Gasteiger charge is -2.40. The Balaban J connectivity index is 1.96. The van der Waals surface area contributed by atoms with Gasteiger partial charge in [0.25, 0.3) is 0 Å². The van der Waals surface area contributed by atoms with Gasteiger partial charge in [-0.3, -0.25) is 4.98 Å². The first-order chi connectivity index (χ1) is 12.8. The van der Waals surface area contributed by atoms with Crippen LogP contribution in [0.1, 0.15) is 57.2 Å². The number of hydrogen-bond acceptors (Lipinski definition) is 4. The summed E-state index contributed by atoms with van der Waals surface area (Å²) in [5.41, 5.74) is 3.18. The Hall–Kier alpha value is -2.07. The summed E-state index contributed by atoms with van der Waals surface area (Å²) in [5.74, 6) is 0.823. The van der Waals surface area contributed by atoms with Gasteiger partial charge in [0.2, 0.25) is 0 Å². The average Bonchev–Trinajstić information content (AvgIpc) is 2.70. The average molecular weight is 354 g/mol. The SMILES string of the molecule is CCOCc1nccc(NC2(c3ccccc3)CCCCC2)c1OCC. The zero-order valence-electron chi connectivity index (χ0n) is 16.0. The Kier molecular flexibility index (Phi) is 6.51. The first-order valence-corrected chi connectivity index (χ1v) is 9.81. The number of nitrogens with one attached hydrogen (secondary N) is 1. The smallest absolute Gasteiger partial charge is 0.166 e. The van der Waals surface area contributed by atoms with Crippen LogP contribution in [0.4, 0.5) is 5.69 Å². The maximum absolute atomic E-state index is 5.98. The zero-order chi connectivity index (χ0) is 18.2. The third-order valence-corrected chi connectivity index (χ3v) is 5.12. The molecule has 1 aliphatic rings. The van der Waals surface area contributed by atoms with Crippen molar-refractivity contribution in [1.29, 1.82) is 0 Å². The van der Waals surface area contributed by atoms with Gasteiger partial charge in [-0.05, 0) is 38.3 Å². The van der Waals surface area contributed by atoms with Gasteiger partial charge in [0.05, 0.1) is 24.4 Å². The quantitative estimate of drug-likeness (QED) is 0.699. The van der Waals surface area contributed by atoms with E-state index in [0.29, 0.717) is 19.8 Å². The molecule has 4 nitrogen and oxygen atoms in total. The van der Waals surface area contributed by atoms with E-state index >= 15 is 0 Å². The highest BCUT2D eigenvalue weighted by Gasteiger charge is 2.34. The number of pyridine rings is 1. The molecule has 1 fully saturated rings. The second-order valence-electron chi connectivity index (χ2n) is 6.84. The minimum Gasteiger partial charge on any atom is -0.490 e. The topological polar surface area (TPSA) is 43.4 Å². The van der Waals surface area contributed by atoms with Gasteiger partial charge >= 0.3 is 0 Å². The third kappa shape index (κ3) is 4.18. The van der Waals surface area contributed by atoms with E-state index in [1.807, 2.05) is 26.1 Å². The van der Waals surface area contributed by atoms with Crippen LogP contribution >= 0.6 is 0 Å². The van der Waals surface area contributed by atoms with Crippen LogP contribution in [-0.2, 0) is 16.9 Å². The van der Waals surface area contributed by atoms with Gasteiger partial charge in [0.15, 0.2) is 5.75 Å². The first kappa shape index (κ1) is 18.7. The highest BCUT2D eigenvalue weighted by atomic mass is 16.5. The molecule has 0 saturated heterocycles. The van der Waals surface area contributed by atoms with Crippen molar-refractivity contribution >= 4 is 5.69 Å². The van der Waals surface area contributed by atoms with Crippen LogP contribution in [0.5, 0.6) is 5.75 Å². The van der Waals surface area contributed by atoms with E-state index in [1.165, 1.54) is 24.8 Å². The lowest BCUT2D eigenvalue weighted by atomic mass is 9.76. The van der Waals surface area contributed by atoms with Crippen LogP contribution in [0.25, 0.3) is 0 Å². The maximum atomic E-state index is 5.98. The van der Waals surface area contributed by atoms with Crippen molar-refractivity contribution in [2.75, 3.05) is 18.5 Å². The Morgan fingerprint density at radius 2 is 1.77 bits per heavy atom. The zero-order valence-corrected chi connectivity index (χ0v) is 16.0. The molecule has 1 aromatic heterocycles. The summed E-state index contributed by atoms with van der Waals surface area (Å²) in [5, 5.41) is 3.86. The lowest BCUT2D eigenvalue weighted by Crippen LogP contribution is -2.37. The van der Waals surface area contributed by atoms with Gasteiger partial charge in [-0.15, -0.1) is 0 Å². The standard InChI is InChI=1S/C22H30N2O2/c1-3-25-17-20-21(26-4-2)19(13-16-23-20)24-22(14-9-6-10-15-22)18-11-7-5-8-12-18/h5,7-8,11-13,16H,3-4,6,9-10,14-15,17H2,1-2H3,(H,23,24). The minimum atomic E-state index is -0.0460. The number of nitrogens with zero attached hydrogens (tertiary/aromatic N) is 1. The molecular weight excluding hydrogens is 324 g/mol.